The van der Waals surface area contributed by atoms with Gasteiger partial charge in [-0.05, 0) is 18.4 Å². The number of aromatic nitrogens is 2. The predicted octanol–water partition coefficient (Wildman–Crippen LogP) is 4.29. The molecule has 20 heavy (non-hydrogen) atoms. The van der Waals surface area contributed by atoms with Crippen LogP contribution in [0.1, 0.15) is 31.5 Å². The van der Waals surface area contributed by atoms with E-state index in [2.05, 4.69) is 4.98 Å². The molecule has 1 aromatic heterocycles. The highest BCUT2D eigenvalue weighted by atomic mass is 35.5. The highest BCUT2D eigenvalue weighted by Gasteiger charge is 2.20. The minimum absolute atomic E-state index is 0.250. The van der Waals surface area contributed by atoms with Crippen LogP contribution in [0.3, 0.4) is 0 Å². The average molecular weight is 299 g/mol. The number of benzene rings is 1. The number of rotatable bonds is 5. The van der Waals surface area contributed by atoms with Gasteiger partial charge in [-0.25, -0.2) is 13.8 Å². The molecule has 1 aliphatic rings. The third kappa shape index (κ3) is 2.53. The van der Waals surface area contributed by atoms with Gasteiger partial charge in [0.25, 0.3) is 0 Å². The Balaban J connectivity index is 1.98. The van der Waals surface area contributed by atoms with Gasteiger partial charge >= 0.3 is 0 Å². The fourth-order valence-corrected chi connectivity index (χ4v) is 2.98. The highest BCUT2D eigenvalue weighted by molar-refractivity contribution is 6.17. The minimum atomic E-state index is -0.599. The van der Waals surface area contributed by atoms with Crippen molar-refractivity contribution >= 4 is 22.6 Å². The van der Waals surface area contributed by atoms with Crippen LogP contribution in [0.5, 0.6) is 0 Å². The fourth-order valence-electron chi connectivity index (χ4n) is 2.82. The summed E-state index contributed by atoms with van der Waals surface area (Å²) in [5.41, 5.74) is 0.794. The van der Waals surface area contributed by atoms with Crippen LogP contribution >= 0.6 is 11.6 Å². The van der Waals surface area contributed by atoms with Gasteiger partial charge in [0.1, 0.15) is 17.2 Å². The fraction of sp³-hybridized carbons (Fsp3) is 0.533. The van der Waals surface area contributed by atoms with E-state index in [1.54, 1.807) is 0 Å². The summed E-state index contributed by atoms with van der Waals surface area (Å²) in [6, 6.07) is 2.25. The number of halogens is 3. The summed E-state index contributed by atoms with van der Waals surface area (Å²) in [4.78, 5) is 4.30. The summed E-state index contributed by atoms with van der Waals surface area (Å²) in [6.07, 6.45) is 5.44. The molecule has 1 aliphatic carbocycles. The number of imidazole rings is 1. The van der Waals surface area contributed by atoms with Crippen LogP contribution in [-0.4, -0.2) is 15.4 Å². The molecule has 0 aliphatic heterocycles. The lowest BCUT2D eigenvalue weighted by Gasteiger charge is -2.25. The second kappa shape index (κ2) is 5.68. The first-order chi connectivity index (χ1) is 9.69. The van der Waals surface area contributed by atoms with Crippen LogP contribution in [0.2, 0.25) is 0 Å². The molecule has 0 radical (unpaired) electrons. The van der Waals surface area contributed by atoms with Gasteiger partial charge in [-0.15, -0.1) is 11.6 Å². The Kier molecular flexibility index (Phi) is 3.92. The van der Waals surface area contributed by atoms with Gasteiger partial charge in [0.2, 0.25) is 0 Å². The first-order valence-electron chi connectivity index (χ1n) is 7.09. The number of alkyl halides is 1. The van der Waals surface area contributed by atoms with Crippen LogP contribution < -0.4 is 0 Å². The van der Waals surface area contributed by atoms with Gasteiger partial charge in [-0.2, -0.15) is 0 Å². The highest BCUT2D eigenvalue weighted by Crippen LogP contribution is 2.31. The SMILES string of the molecule is Fc1cc(F)c2nc(CCCl)n(CCC3CCC3)c2c1. The molecule has 2 aromatic rings. The molecule has 3 rings (SSSR count). The van der Waals surface area contributed by atoms with E-state index in [1.165, 1.54) is 25.3 Å². The molecule has 0 atom stereocenters. The van der Waals surface area contributed by atoms with Gasteiger partial charge in [0.15, 0.2) is 5.82 Å². The van der Waals surface area contributed by atoms with E-state index in [9.17, 15) is 8.78 Å². The molecule has 0 bridgehead atoms. The molecule has 1 aromatic carbocycles. The Morgan fingerprint density at radius 1 is 1.30 bits per heavy atom. The third-order valence-corrected chi connectivity index (χ3v) is 4.34. The van der Waals surface area contributed by atoms with Crippen molar-refractivity contribution in [3.05, 3.63) is 29.6 Å². The maximum atomic E-state index is 13.8. The average Bonchev–Trinajstić information content (AvgIpc) is 2.67. The van der Waals surface area contributed by atoms with E-state index in [0.29, 0.717) is 17.8 Å². The summed E-state index contributed by atoms with van der Waals surface area (Å²) >= 11 is 5.79. The molecule has 0 unspecified atom stereocenters. The molecule has 1 saturated carbocycles. The van der Waals surface area contributed by atoms with E-state index in [0.717, 1.165) is 30.8 Å². The number of fused-ring (bicyclic) bond motifs is 1. The molecule has 2 nitrogen and oxygen atoms in total. The van der Waals surface area contributed by atoms with Crippen LogP contribution in [0.4, 0.5) is 8.78 Å². The van der Waals surface area contributed by atoms with Crippen molar-refractivity contribution in [3.63, 3.8) is 0 Å². The second-order valence-corrected chi connectivity index (χ2v) is 5.84. The Bertz CT molecular complexity index is 620. The summed E-state index contributed by atoms with van der Waals surface area (Å²) < 4.78 is 29.2. The van der Waals surface area contributed by atoms with E-state index >= 15 is 0 Å². The number of nitrogens with zero attached hydrogens (tertiary/aromatic N) is 2. The van der Waals surface area contributed by atoms with Gasteiger partial charge in [0, 0.05) is 24.9 Å². The van der Waals surface area contributed by atoms with Crippen molar-refractivity contribution in [3.8, 4) is 0 Å². The molecule has 1 heterocycles. The smallest absolute Gasteiger partial charge is 0.153 e. The molecule has 0 spiro atoms. The molecule has 0 saturated heterocycles. The largest absolute Gasteiger partial charge is 0.328 e. The summed E-state index contributed by atoms with van der Waals surface area (Å²) in [5, 5.41) is 0. The zero-order valence-corrected chi connectivity index (χ0v) is 12.0. The van der Waals surface area contributed by atoms with Crippen LogP contribution in [0, 0.1) is 17.6 Å². The van der Waals surface area contributed by atoms with E-state index < -0.39 is 11.6 Å². The summed E-state index contributed by atoms with van der Waals surface area (Å²) in [5.74, 6) is 0.764. The summed E-state index contributed by atoms with van der Waals surface area (Å²) in [7, 11) is 0. The molecule has 108 valence electrons. The maximum Gasteiger partial charge on any atom is 0.153 e. The van der Waals surface area contributed by atoms with Gasteiger partial charge < -0.3 is 4.57 Å². The standard InChI is InChI=1S/C15H17ClF2N2/c16-6-4-14-19-15-12(18)8-11(17)9-13(15)20(14)7-5-10-2-1-3-10/h8-10H,1-7H2. The Labute approximate surface area is 121 Å². The molecule has 0 amide bonds. The molecule has 5 heteroatoms. The number of aryl methyl sites for hydroxylation is 2. The van der Waals surface area contributed by atoms with Gasteiger partial charge in [-0.3, -0.25) is 0 Å². The first kappa shape index (κ1) is 13.8. The van der Waals surface area contributed by atoms with Crippen molar-refractivity contribution in [2.45, 2.75) is 38.6 Å². The molecule has 0 N–H and O–H groups in total. The lowest BCUT2D eigenvalue weighted by atomic mass is 9.83. The third-order valence-electron chi connectivity index (χ3n) is 4.16. The summed E-state index contributed by atoms with van der Waals surface area (Å²) in [6.45, 7) is 0.760. The zero-order valence-electron chi connectivity index (χ0n) is 11.2. The number of hydrogen-bond acceptors (Lipinski definition) is 1. The molecular formula is C15H17ClF2N2. The predicted molar refractivity (Wildman–Crippen MR) is 76.0 cm³/mol. The van der Waals surface area contributed by atoms with E-state index in [1.807, 2.05) is 4.57 Å². The minimum Gasteiger partial charge on any atom is -0.328 e. The van der Waals surface area contributed by atoms with Crippen molar-refractivity contribution in [2.24, 2.45) is 5.92 Å². The Hall–Kier alpha value is -1.16. The quantitative estimate of drug-likeness (QED) is 0.753. The monoisotopic (exact) mass is 298 g/mol. The number of hydrogen-bond donors (Lipinski definition) is 0. The van der Waals surface area contributed by atoms with Crippen LogP contribution in [0.25, 0.3) is 11.0 Å². The Morgan fingerprint density at radius 3 is 2.75 bits per heavy atom. The normalized spacial score (nSPS) is 15.8. The van der Waals surface area contributed by atoms with Gasteiger partial charge in [-0.1, -0.05) is 19.3 Å². The van der Waals surface area contributed by atoms with Crippen molar-refractivity contribution in [2.75, 3.05) is 5.88 Å². The lowest BCUT2D eigenvalue weighted by Crippen LogP contribution is -2.15. The zero-order chi connectivity index (χ0) is 14.1. The van der Waals surface area contributed by atoms with Crippen molar-refractivity contribution in [1.29, 1.82) is 0 Å². The van der Waals surface area contributed by atoms with Crippen molar-refractivity contribution < 1.29 is 8.78 Å². The first-order valence-corrected chi connectivity index (χ1v) is 7.62. The molecular weight excluding hydrogens is 282 g/mol. The van der Waals surface area contributed by atoms with Crippen molar-refractivity contribution in [1.82, 2.24) is 9.55 Å². The second-order valence-electron chi connectivity index (χ2n) is 5.46. The Morgan fingerprint density at radius 2 is 2.10 bits per heavy atom. The molecule has 1 fully saturated rings. The topological polar surface area (TPSA) is 17.8 Å². The van der Waals surface area contributed by atoms with E-state index in [-0.39, 0.29) is 5.52 Å². The van der Waals surface area contributed by atoms with Gasteiger partial charge in [0.05, 0.1) is 5.52 Å². The van der Waals surface area contributed by atoms with E-state index in [4.69, 9.17) is 11.6 Å². The van der Waals surface area contributed by atoms with Crippen LogP contribution in [0.15, 0.2) is 12.1 Å². The van der Waals surface area contributed by atoms with Crippen LogP contribution in [-0.2, 0) is 13.0 Å². The maximum absolute atomic E-state index is 13.8. The lowest BCUT2D eigenvalue weighted by molar-refractivity contribution is 0.282.